The molecule has 5 aromatic carbocycles. The van der Waals surface area contributed by atoms with Crippen LogP contribution in [0.2, 0.25) is 0 Å². The SMILES string of the molecule is CCCCCC[C@H](C)c1ccc(N=Cc2ccc(C(=O)Oc3ccccc3OC(=O)c3ccc(C=Nc4ccc([C@@H](C)CCCCCC)cc4)cc3)cc2)cc1. The van der Waals surface area contributed by atoms with E-state index >= 15 is 0 Å². The number of rotatable bonds is 20. The third-order valence-corrected chi connectivity index (χ3v) is 10.2. The molecular weight excluding hydrogens is 693 g/mol. The average Bonchev–Trinajstić information content (AvgIpc) is 3.23. The topological polar surface area (TPSA) is 77.3 Å². The molecule has 0 heterocycles. The minimum atomic E-state index is -0.563. The molecule has 0 spiro atoms. The van der Waals surface area contributed by atoms with E-state index in [4.69, 9.17) is 9.47 Å². The lowest BCUT2D eigenvalue weighted by Crippen LogP contribution is -2.12. The van der Waals surface area contributed by atoms with E-state index in [0.29, 0.717) is 23.0 Å². The highest BCUT2D eigenvalue weighted by Gasteiger charge is 2.16. The molecule has 0 aromatic heterocycles. The maximum absolute atomic E-state index is 13.1. The fourth-order valence-electron chi connectivity index (χ4n) is 6.51. The first-order valence-electron chi connectivity index (χ1n) is 20.3. The molecular formula is C50H56N2O4. The quantitative estimate of drug-likeness (QED) is 0.0344. The molecule has 0 saturated carbocycles. The van der Waals surface area contributed by atoms with E-state index in [9.17, 15) is 9.59 Å². The Morgan fingerprint density at radius 3 is 1.23 bits per heavy atom. The van der Waals surface area contributed by atoms with Crippen molar-refractivity contribution in [3.63, 3.8) is 0 Å². The summed E-state index contributed by atoms with van der Waals surface area (Å²) < 4.78 is 11.4. The third kappa shape index (κ3) is 13.0. The molecule has 0 unspecified atom stereocenters. The zero-order valence-electron chi connectivity index (χ0n) is 33.5. The van der Waals surface area contributed by atoms with Gasteiger partial charge < -0.3 is 9.47 Å². The highest BCUT2D eigenvalue weighted by molar-refractivity contribution is 5.94. The Morgan fingerprint density at radius 2 is 0.875 bits per heavy atom. The zero-order chi connectivity index (χ0) is 39.5. The van der Waals surface area contributed by atoms with Crippen LogP contribution in [-0.4, -0.2) is 24.4 Å². The van der Waals surface area contributed by atoms with Gasteiger partial charge in [-0.05, 0) is 108 Å². The Balaban J connectivity index is 1.11. The number of hydrogen-bond donors (Lipinski definition) is 0. The molecule has 56 heavy (non-hydrogen) atoms. The van der Waals surface area contributed by atoms with Crippen molar-refractivity contribution in [2.75, 3.05) is 0 Å². The van der Waals surface area contributed by atoms with Crippen molar-refractivity contribution in [3.8, 4) is 11.5 Å². The highest BCUT2D eigenvalue weighted by atomic mass is 16.6. The molecule has 0 aliphatic heterocycles. The van der Waals surface area contributed by atoms with E-state index < -0.39 is 11.9 Å². The number of hydrogen-bond acceptors (Lipinski definition) is 6. The van der Waals surface area contributed by atoms with Crippen LogP contribution in [0, 0.1) is 0 Å². The minimum absolute atomic E-state index is 0.149. The van der Waals surface area contributed by atoms with E-state index in [2.05, 4.69) is 61.9 Å². The van der Waals surface area contributed by atoms with Crippen molar-refractivity contribution < 1.29 is 19.1 Å². The smallest absolute Gasteiger partial charge is 0.343 e. The number of unbranched alkanes of at least 4 members (excludes halogenated alkanes) is 6. The first-order valence-corrected chi connectivity index (χ1v) is 20.3. The summed E-state index contributed by atoms with van der Waals surface area (Å²) in [6, 6.07) is 37.5. The summed E-state index contributed by atoms with van der Waals surface area (Å²) in [5, 5.41) is 0. The van der Waals surface area contributed by atoms with E-state index in [0.717, 1.165) is 22.5 Å². The first-order chi connectivity index (χ1) is 27.3. The first kappa shape index (κ1) is 41.5. The van der Waals surface area contributed by atoms with Gasteiger partial charge in [0, 0.05) is 12.4 Å². The van der Waals surface area contributed by atoms with Crippen molar-refractivity contribution in [2.24, 2.45) is 9.98 Å². The summed E-state index contributed by atoms with van der Waals surface area (Å²) in [6.45, 7) is 9.05. The van der Waals surface area contributed by atoms with Gasteiger partial charge in [0.05, 0.1) is 22.5 Å². The summed E-state index contributed by atoms with van der Waals surface area (Å²) in [5.41, 5.74) is 6.86. The molecule has 0 N–H and O–H groups in total. The molecule has 2 atom stereocenters. The molecule has 0 radical (unpaired) electrons. The van der Waals surface area contributed by atoms with Gasteiger partial charge in [-0.1, -0.05) is 140 Å². The lowest BCUT2D eigenvalue weighted by Gasteiger charge is -2.11. The van der Waals surface area contributed by atoms with Crippen molar-refractivity contribution in [1.29, 1.82) is 0 Å². The van der Waals surface area contributed by atoms with Gasteiger partial charge in [0.1, 0.15) is 0 Å². The number of carbonyl (C=O) groups excluding carboxylic acids is 2. The number of para-hydroxylation sites is 2. The van der Waals surface area contributed by atoms with Crippen LogP contribution in [0.1, 0.15) is 147 Å². The van der Waals surface area contributed by atoms with Gasteiger partial charge in [0.2, 0.25) is 0 Å². The number of aliphatic imine (C=N–C) groups is 2. The fourth-order valence-corrected chi connectivity index (χ4v) is 6.51. The molecule has 0 aliphatic carbocycles. The van der Waals surface area contributed by atoms with Gasteiger partial charge in [-0.2, -0.15) is 0 Å². The second-order valence-electron chi connectivity index (χ2n) is 14.7. The Hall–Kier alpha value is -5.62. The zero-order valence-corrected chi connectivity index (χ0v) is 33.5. The fraction of sp³-hybridized carbons (Fsp3) is 0.320. The lowest BCUT2D eigenvalue weighted by atomic mass is 9.95. The summed E-state index contributed by atoms with van der Waals surface area (Å²) in [6.07, 6.45) is 16.2. The van der Waals surface area contributed by atoms with Crippen LogP contribution in [-0.2, 0) is 0 Å². The van der Waals surface area contributed by atoms with E-state index in [1.807, 2.05) is 48.5 Å². The van der Waals surface area contributed by atoms with Crippen molar-refractivity contribution in [3.05, 3.63) is 155 Å². The Morgan fingerprint density at radius 1 is 0.500 bits per heavy atom. The number of esters is 2. The largest absolute Gasteiger partial charge is 0.419 e. The number of ether oxygens (including phenoxy) is 2. The molecule has 6 nitrogen and oxygen atoms in total. The Labute approximate surface area is 333 Å². The molecule has 290 valence electrons. The lowest BCUT2D eigenvalue weighted by molar-refractivity contribution is 0.0682. The standard InChI is InChI=1S/C50H56N2O4/c1-5-7-9-11-15-37(3)41-27-31-45(32-28-41)51-35-39-19-23-43(24-20-39)49(53)55-47-17-13-14-18-48(47)56-50(54)44-25-21-40(22-26-44)36-52-46-33-29-42(30-34-46)38(4)16-12-10-8-6-2/h13-14,17-38H,5-12,15-16H2,1-4H3/t37-,38-/m0/s1. The van der Waals surface area contributed by atoms with Gasteiger partial charge in [-0.25, -0.2) is 9.59 Å². The van der Waals surface area contributed by atoms with E-state index in [1.165, 1.54) is 75.3 Å². The summed E-state index contributed by atoms with van der Waals surface area (Å²) in [7, 11) is 0. The van der Waals surface area contributed by atoms with Crippen LogP contribution in [0.15, 0.2) is 131 Å². The maximum atomic E-state index is 13.1. The molecule has 5 aromatic rings. The number of benzene rings is 5. The summed E-state index contributed by atoms with van der Waals surface area (Å²) in [5.74, 6) is 0.242. The Bertz CT molecular complexity index is 1870. The maximum Gasteiger partial charge on any atom is 0.343 e. The van der Waals surface area contributed by atoms with Gasteiger partial charge in [-0.15, -0.1) is 0 Å². The molecule has 0 aliphatic rings. The predicted octanol–water partition coefficient (Wildman–Crippen LogP) is 13.8. The van der Waals surface area contributed by atoms with Gasteiger partial charge in [0.25, 0.3) is 0 Å². The molecule has 0 saturated heterocycles. The van der Waals surface area contributed by atoms with Gasteiger partial charge >= 0.3 is 11.9 Å². The van der Waals surface area contributed by atoms with E-state index in [-0.39, 0.29) is 11.5 Å². The van der Waals surface area contributed by atoms with Crippen LogP contribution in [0.3, 0.4) is 0 Å². The monoisotopic (exact) mass is 748 g/mol. The Kier molecular flexibility index (Phi) is 16.4. The molecule has 0 fully saturated rings. The highest BCUT2D eigenvalue weighted by Crippen LogP contribution is 2.29. The number of carbonyl (C=O) groups is 2. The average molecular weight is 749 g/mol. The minimum Gasteiger partial charge on any atom is -0.419 e. The molecule has 5 rings (SSSR count). The van der Waals surface area contributed by atoms with Crippen LogP contribution in [0.5, 0.6) is 11.5 Å². The van der Waals surface area contributed by atoms with Gasteiger partial charge in [-0.3, -0.25) is 9.98 Å². The second kappa shape index (κ2) is 22.1. The third-order valence-electron chi connectivity index (χ3n) is 10.2. The van der Waals surface area contributed by atoms with Crippen LogP contribution >= 0.6 is 0 Å². The van der Waals surface area contributed by atoms with Crippen LogP contribution < -0.4 is 9.47 Å². The molecule has 0 bridgehead atoms. The van der Waals surface area contributed by atoms with Crippen molar-refractivity contribution >= 4 is 35.7 Å². The molecule has 6 heteroatoms. The van der Waals surface area contributed by atoms with Crippen molar-refractivity contribution in [2.45, 2.75) is 104 Å². The predicted molar refractivity (Wildman–Crippen MR) is 231 cm³/mol. The normalized spacial score (nSPS) is 12.5. The summed E-state index contributed by atoms with van der Waals surface area (Å²) >= 11 is 0. The van der Waals surface area contributed by atoms with E-state index in [1.54, 1.807) is 61.0 Å². The number of nitrogens with zero attached hydrogens (tertiary/aromatic N) is 2. The van der Waals surface area contributed by atoms with Crippen LogP contribution in [0.4, 0.5) is 11.4 Å². The van der Waals surface area contributed by atoms with Crippen LogP contribution in [0.25, 0.3) is 0 Å². The molecule has 0 amide bonds. The van der Waals surface area contributed by atoms with Gasteiger partial charge in [0.15, 0.2) is 11.5 Å². The second-order valence-corrected chi connectivity index (χ2v) is 14.7. The summed E-state index contributed by atoms with van der Waals surface area (Å²) in [4.78, 5) is 35.4. The van der Waals surface area contributed by atoms with Crippen molar-refractivity contribution in [1.82, 2.24) is 0 Å².